The average molecular weight is 298 g/mol. The first-order valence-electron chi connectivity index (χ1n) is 7.32. The van der Waals surface area contributed by atoms with Crippen LogP contribution in [0.15, 0.2) is 12.3 Å². The molecule has 1 aromatic heterocycles. The normalized spacial score (nSPS) is 10.4. The van der Waals surface area contributed by atoms with E-state index in [0.717, 1.165) is 38.9 Å². The van der Waals surface area contributed by atoms with E-state index in [-0.39, 0.29) is 5.91 Å². The zero-order valence-corrected chi connectivity index (χ0v) is 13.3. The highest BCUT2D eigenvalue weighted by Crippen LogP contribution is 2.21. The van der Waals surface area contributed by atoms with Gasteiger partial charge in [-0.15, -0.1) is 0 Å². The maximum atomic E-state index is 12.4. The number of pyridine rings is 1. The van der Waals surface area contributed by atoms with Gasteiger partial charge in [0.05, 0.1) is 10.6 Å². The third-order valence-electron chi connectivity index (χ3n) is 2.90. The summed E-state index contributed by atoms with van der Waals surface area (Å²) in [7, 11) is 0. The van der Waals surface area contributed by atoms with E-state index >= 15 is 0 Å². The number of aromatic nitrogens is 1. The van der Waals surface area contributed by atoms with Crippen LogP contribution in [0, 0.1) is 0 Å². The number of hydrogen-bond acceptors (Lipinski definition) is 3. The summed E-state index contributed by atoms with van der Waals surface area (Å²) in [6.45, 7) is 8.56. The second kappa shape index (κ2) is 8.80. The fraction of sp³-hybridized carbons (Fsp3) is 0.600. The quantitative estimate of drug-likeness (QED) is 0.793. The Balaban J connectivity index is 2.84. The summed E-state index contributed by atoms with van der Waals surface area (Å²) in [5.74, 6) is 0.646. The molecule has 5 heteroatoms. The fourth-order valence-electron chi connectivity index (χ4n) is 1.97. The summed E-state index contributed by atoms with van der Waals surface area (Å²) in [5.41, 5.74) is 0.555. The van der Waals surface area contributed by atoms with Crippen molar-refractivity contribution in [1.82, 2.24) is 9.88 Å². The molecule has 1 heterocycles. The van der Waals surface area contributed by atoms with Crippen molar-refractivity contribution in [1.29, 1.82) is 0 Å². The number of amides is 1. The first-order chi connectivity index (χ1) is 9.63. The zero-order chi connectivity index (χ0) is 15.0. The Morgan fingerprint density at radius 1 is 1.25 bits per heavy atom. The van der Waals surface area contributed by atoms with Gasteiger partial charge >= 0.3 is 0 Å². The monoisotopic (exact) mass is 297 g/mol. The van der Waals surface area contributed by atoms with Gasteiger partial charge in [0, 0.05) is 25.8 Å². The van der Waals surface area contributed by atoms with Gasteiger partial charge in [-0.05, 0) is 25.3 Å². The molecule has 0 saturated carbocycles. The van der Waals surface area contributed by atoms with Gasteiger partial charge in [-0.25, -0.2) is 4.98 Å². The Hall–Kier alpha value is -1.29. The summed E-state index contributed by atoms with van der Waals surface area (Å²) >= 11 is 6.17. The molecule has 0 spiro atoms. The lowest BCUT2D eigenvalue weighted by Crippen LogP contribution is -2.32. The Morgan fingerprint density at radius 2 is 1.90 bits per heavy atom. The highest BCUT2D eigenvalue weighted by molar-refractivity contribution is 6.33. The van der Waals surface area contributed by atoms with E-state index in [1.54, 1.807) is 12.3 Å². The molecule has 0 fully saturated rings. The van der Waals surface area contributed by atoms with Crippen molar-refractivity contribution in [2.45, 2.75) is 40.0 Å². The topological polar surface area (TPSA) is 45.2 Å². The average Bonchev–Trinajstić information content (AvgIpc) is 2.45. The molecule has 0 aromatic carbocycles. The van der Waals surface area contributed by atoms with Gasteiger partial charge in [-0.3, -0.25) is 4.79 Å². The minimum atomic E-state index is 0.00476. The van der Waals surface area contributed by atoms with Crippen molar-refractivity contribution in [3.8, 4) is 0 Å². The number of anilines is 1. The van der Waals surface area contributed by atoms with E-state index in [2.05, 4.69) is 31.1 Å². The Kier molecular flexibility index (Phi) is 7.37. The molecule has 112 valence electrons. The number of halogens is 1. The van der Waals surface area contributed by atoms with Crippen molar-refractivity contribution in [2.24, 2.45) is 0 Å². The van der Waals surface area contributed by atoms with Crippen LogP contribution < -0.4 is 5.32 Å². The number of carbonyl (C=O) groups is 1. The van der Waals surface area contributed by atoms with Crippen LogP contribution in [-0.2, 0) is 0 Å². The molecule has 0 bridgehead atoms. The summed E-state index contributed by atoms with van der Waals surface area (Å²) in [4.78, 5) is 18.5. The smallest absolute Gasteiger partial charge is 0.255 e. The van der Waals surface area contributed by atoms with Crippen LogP contribution in [0.1, 0.15) is 50.4 Å². The minimum Gasteiger partial charge on any atom is -0.369 e. The number of nitrogens with one attached hydrogen (secondary N) is 1. The molecule has 0 radical (unpaired) electrons. The maximum Gasteiger partial charge on any atom is 0.255 e. The number of nitrogens with zero attached hydrogens (tertiary/aromatic N) is 2. The van der Waals surface area contributed by atoms with E-state index in [1.165, 1.54) is 0 Å². The molecule has 1 amide bonds. The standard InChI is InChI=1S/C15H24ClN3O/c1-4-7-17-14-13(16)10-12(11-18-14)15(20)19(8-5-2)9-6-3/h10-11H,4-9H2,1-3H3,(H,17,18). The van der Waals surface area contributed by atoms with E-state index in [9.17, 15) is 4.79 Å². The molecule has 0 aliphatic carbocycles. The van der Waals surface area contributed by atoms with Gasteiger partial charge in [0.2, 0.25) is 0 Å². The van der Waals surface area contributed by atoms with Crippen LogP contribution >= 0.6 is 11.6 Å². The van der Waals surface area contributed by atoms with Gasteiger partial charge in [-0.1, -0.05) is 32.4 Å². The number of rotatable bonds is 8. The second-order valence-electron chi connectivity index (χ2n) is 4.77. The Labute approximate surface area is 126 Å². The lowest BCUT2D eigenvalue weighted by Gasteiger charge is -2.21. The summed E-state index contributed by atoms with van der Waals surface area (Å²) in [6, 6.07) is 1.70. The molecule has 0 unspecified atom stereocenters. The molecule has 1 aromatic rings. The molecule has 1 rings (SSSR count). The lowest BCUT2D eigenvalue weighted by molar-refractivity contribution is 0.0755. The number of hydrogen-bond donors (Lipinski definition) is 1. The van der Waals surface area contributed by atoms with Gasteiger partial charge in [0.15, 0.2) is 0 Å². The molecule has 1 N–H and O–H groups in total. The highest BCUT2D eigenvalue weighted by atomic mass is 35.5. The Bertz CT molecular complexity index is 431. The third kappa shape index (κ3) is 4.67. The van der Waals surface area contributed by atoms with Crippen LogP contribution in [0.5, 0.6) is 0 Å². The van der Waals surface area contributed by atoms with Crippen molar-refractivity contribution >= 4 is 23.3 Å². The summed E-state index contributed by atoms with van der Waals surface area (Å²) in [5, 5.41) is 3.64. The molecule has 0 aliphatic rings. The first-order valence-corrected chi connectivity index (χ1v) is 7.70. The molecule has 0 aliphatic heterocycles. The predicted molar refractivity (Wildman–Crippen MR) is 84.5 cm³/mol. The Morgan fingerprint density at radius 3 is 2.40 bits per heavy atom. The molecule has 0 atom stereocenters. The summed E-state index contributed by atoms with van der Waals surface area (Å²) < 4.78 is 0. The van der Waals surface area contributed by atoms with Crippen molar-refractivity contribution in [2.75, 3.05) is 25.0 Å². The largest absolute Gasteiger partial charge is 0.369 e. The van der Waals surface area contributed by atoms with E-state index in [1.807, 2.05) is 4.90 Å². The highest BCUT2D eigenvalue weighted by Gasteiger charge is 2.16. The molecular weight excluding hydrogens is 274 g/mol. The van der Waals surface area contributed by atoms with E-state index in [0.29, 0.717) is 16.4 Å². The minimum absolute atomic E-state index is 0.00476. The van der Waals surface area contributed by atoms with Gasteiger partial charge in [-0.2, -0.15) is 0 Å². The fourth-order valence-corrected chi connectivity index (χ4v) is 2.20. The van der Waals surface area contributed by atoms with Crippen LogP contribution in [0.4, 0.5) is 5.82 Å². The van der Waals surface area contributed by atoms with Crippen LogP contribution in [-0.4, -0.2) is 35.4 Å². The SMILES string of the molecule is CCCNc1ncc(C(=O)N(CCC)CCC)cc1Cl. The molecule has 0 saturated heterocycles. The van der Waals surface area contributed by atoms with Crippen molar-refractivity contribution in [3.63, 3.8) is 0 Å². The van der Waals surface area contributed by atoms with E-state index < -0.39 is 0 Å². The predicted octanol–water partition coefficient (Wildman–Crippen LogP) is 3.82. The van der Waals surface area contributed by atoms with Crippen LogP contribution in [0.2, 0.25) is 5.02 Å². The van der Waals surface area contributed by atoms with Crippen LogP contribution in [0.3, 0.4) is 0 Å². The van der Waals surface area contributed by atoms with Crippen LogP contribution in [0.25, 0.3) is 0 Å². The van der Waals surface area contributed by atoms with Gasteiger partial charge in [0.1, 0.15) is 5.82 Å². The van der Waals surface area contributed by atoms with Crippen molar-refractivity contribution in [3.05, 3.63) is 22.8 Å². The zero-order valence-electron chi connectivity index (χ0n) is 12.6. The maximum absolute atomic E-state index is 12.4. The summed E-state index contributed by atoms with van der Waals surface area (Å²) in [6.07, 6.45) is 4.50. The third-order valence-corrected chi connectivity index (χ3v) is 3.19. The second-order valence-corrected chi connectivity index (χ2v) is 5.18. The van der Waals surface area contributed by atoms with Crippen molar-refractivity contribution < 1.29 is 4.79 Å². The number of carbonyl (C=O) groups excluding carboxylic acids is 1. The molecule has 20 heavy (non-hydrogen) atoms. The van der Waals surface area contributed by atoms with Gasteiger partial charge in [0.25, 0.3) is 5.91 Å². The molecular formula is C15H24ClN3O. The first kappa shape index (κ1) is 16.8. The lowest BCUT2D eigenvalue weighted by atomic mass is 10.2. The van der Waals surface area contributed by atoms with E-state index in [4.69, 9.17) is 11.6 Å². The molecule has 4 nitrogen and oxygen atoms in total. The van der Waals surface area contributed by atoms with Gasteiger partial charge < -0.3 is 10.2 Å².